The molecule has 0 fully saturated rings. The highest BCUT2D eigenvalue weighted by molar-refractivity contribution is 5.95. The van der Waals surface area contributed by atoms with E-state index in [1.54, 1.807) is 0 Å². The molecule has 0 bridgehead atoms. The highest BCUT2D eigenvalue weighted by Crippen LogP contribution is 2.27. The van der Waals surface area contributed by atoms with Crippen LogP contribution in [0.5, 0.6) is 5.75 Å². The fourth-order valence-electron chi connectivity index (χ4n) is 3.47. The van der Waals surface area contributed by atoms with E-state index in [4.69, 9.17) is 0 Å². The van der Waals surface area contributed by atoms with Crippen LogP contribution < -0.4 is 16.1 Å². The van der Waals surface area contributed by atoms with Crippen LogP contribution >= 0.6 is 0 Å². The number of aromatic nitrogens is 1. The predicted octanol–water partition coefficient (Wildman–Crippen LogP) is 2.23. The first-order valence-electron chi connectivity index (χ1n) is 9.55. The number of hydrogen-bond acceptors (Lipinski definition) is 5. The quantitative estimate of drug-likeness (QED) is 0.510. The number of carbonyl (C=O) groups excluding carboxylic acids is 1. The van der Waals surface area contributed by atoms with Gasteiger partial charge in [-0.15, -0.1) is 0 Å². The molecular formula is C20H22F3N3O4. The first kappa shape index (κ1) is 21.8. The molecule has 1 aromatic heterocycles. The van der Waals surface area contributed by atoms with E-state index in [1.807, 2.05) is 6.92 Å². The predicted molar refractivity (Wildman–Crippen MR) is 101 cm³/mol. The van der Waals surface area contributed by atoms with E-state index < -0.39 is 52.9 Å². The molecule has 7 nitrogen and oxygen atoms in total. The van der Waals surface area contributed by atoms with Gasteiger partial charge in [-0.1, -0.05) is 19.8 Å². The summed E-state index contributed by atoms with van der Waals surface area (Å²) >= 11 is 0. The number of aliphatic hydroxyl groups is 1. The number of pyridine rings is 1. The number of unbranched alkanes of at least 4 members (excludes halogenated alkanes) is 1. The number of nitrogens with zero attached hydrogens (tertiary/aromatic N) is 1. The van der Waals surface area contributed by atoms with E-state index >= 15 is 0 Å². The third-order valence-corrected chi connectivity index (χ3v) is 5.11. The molecule has 1 amide bonds. The standard InChI is InChI=1S/C20H22F3N3O4/c1-2-3-4-11-7-24-20(30)16-18(28)17(27)13(9-26(11)16)19(29)25-8-12-14(22)5-10(21)6-15(12)23/h5-6,9,11,19,25,28-29H,2-4,7-8H2,1H3,(H,24,30)/t11-,19?/m0/s1. The minimum absolute atomic E-state index is 0.195. The van der Waals surface area contributed by atoms with E-state index in [1.165, 1.54) is 10.8 Å². The second-order valence-electron chi connectivity index (χ2n) is 7.16. The Morgan fingerprint density at radius 2 is 1.93 bits per heavy atom. The van der Waals surface area contributed by atoms with Crippen molar-refractivity contribution < 1.29 is 28.2 Å². The second kappa shape index (κ2) is 8.88. The third-order valence-electron chi connectivity index (χ3n) is 5.11. The Bertz CT molecular complexity index is 1000. The first-order valence-corrected chi connectivity index (χ1v) is 9.55. The fourth-order valence-corrected chi connectivity index (χ4v) is 3.47. The Labute approximate surface area is 170 Å². The topological polar surface area (TPSA) is 104 Å². The summed E-state index contributed by atoms with van der Waals surface area (Å²) in [6.45, 7) is 1.75. The van der Waals surface area contributed by atoms with Crippen molar-refractivity contribution in [1.82, 2.24) is 15.2 Å². The maximum Gasteiger partial charge on any atom is 0.272 e. The molecule has 1 unspecified atom stereocenters. The zero-order chi connectivity index (χ0) is 22.0. The van der Waals surface area contributed by atoms with Crippen LogP contribution in [0.25, 0.3) is 0 Å². The lowest BCUT2D eigenvalue weighted by atomic mass is 10.0. The Balaban J connectivity index is 1.91. The van der Waals surface area contributed by atoms with Crippen LogP contribution in [0.1, 0.15) is 60.1 Å². The first-order chi connectivity index (χ1) is 14.2. The van der Waals surface area contributed by atoms with Crippen LogP contribution in [0.15, 0.2) is 23.1 Å². The molecule has 2 heterocycles. The summed E-state index contributed by atoms with van der Waals surface area (Å²) in [5.74, 6) is -4.79. The zero-order valence-corrected chi connectivity index (χ0v) is 16.2. The minimum atomic E-state index is -1.69. The molecule has 4 N–H and O–H groups in total. The van der Waals surface area contributed by atoms with E-state index in [-0.39, 0.29) is 17.3 Å². The molecule has 0 aliphatic carbocycles. The molecular weight excluding hydrogens is 403 g/mol. The summed E-state index contributed by atoms with van der Waals surface area (Å²) in [5, 5.41) is 25.7. The Hall–Kier alpha value is -2.85. The van der Waals surface area contributed by atoms with Crippen LogP contribution in [-0.2, 0) is 6.54 Å². The van der Waals surface area contributed by atoms with Gasteiger partial charge in [-0.2, -0.15) is 0 Å². The van der Waals surface area contributed by atoms with E-state index in [2.05, 4.69) is 10.6 Å². The van der Waals surface area contributed by atoms with E-state index in [9.17, 15) is 33.0 Å². The van der Waals surface area contributed by atoms with Gasteiger partial charge in [0.05, 0.1) is 11.6 Å². The van der Waals surface area contributed by atoms with Gasteiger partial charge in [0.25, 0.3) is 5.91 Å². The molecule has 0 radical (unpaired) electrons. The van der Waals surface area contributed by atoms with Crippen molar-refractivity contribution in [3.05, 3.63) is 62.8 Å². The molecule has 2 aromatic rings. The molecule has 30 heavy (non-hydrogen) atoms. The minimum Gasteiger partial charge on any atom is -0.503 e. The summed E-state index contributed by atoms with van der Waals surface area (Å²) in [7, 11) is 0. The lowest BCUT2D eigenvalue weighted by Gasteiger charge is -2.30. The number of hydrogen-bond donors (Lipinski definition) is 4. The van der Waals surface area contributed by atoms with Crippen molar-refractivity contribution in [3.8, 4) is 5.75 Å². The highest BCUT2D eigenvalue weighted by Gasteiger charge is 2.30. The normalized spacial score (nSPS) is 16.8. The monoisotopic (exact) mass is 425 g/mol. The summed E-state index contributed by atoms with van der Waals surface area (Å²) in [6, 6.07) is 0.772. The van der Waals surface area contributed by atoms with E-state index in [0.717, 1.165) is 12.8 Å². The molecule has 1 aliphatic heterocycles. The number of halogens is 3. The highest BCUT2D eigenvalue weighted by atomic mass is 19.1. The number of aliphatic hydroxyl groups excluding tert-OH is 1. The van der Waals surface area contributed by atoms with Gasteiger partial charge >= 0.3 is 0 Å². The lowest BCUT2D eigenvalue weighted by molar-refractivity contribution is 0.0902. The molecule has 0 saturated carbocycles. The van der Waals surface area contributed by atoms with Gasteiger partial charge in [0.2, 0.25) is 5.43 Å². The Kier molecular flexibility index (Phi) is 6.47. The largest absolute Gasteiger partial charge is 0.503 e. The number of rotatable bonds is 7. The van der Waals surface area contributed by atoms with Gasteiger partial charge in [0, 0.05) is 37.0 Å². The van der Waals surface area contributed by atoms with Gasteiger partial charge in [0.1, 0.15) is 23.7 Å². The Morgan fingerprint density at radius 1 is 1.27 bits per heavy atom. The average Bonchev–Trinajstić information content (AvgIpc) is 2.68. The second-order valence-corrected chi connectivity index (χ2v) is 7.16. The van der Waals surface area contributed by atoms with Crippen LogP contribution in [0, 0.1) is 17.5 Å². The number of fused-ring (bicyclic) bond motifs is 1. The molecule has 10 heteroatoms. The fraction of sp³-hybridized carbons (Fsp3) is 0.400. The lowest BCUT2D eigenvalue weighted by Crippen LogP contribution is -2.41. The number of benzene rings is 1. The van der Waals surface area contributed by atoms with Crippen molar-refractivity contribution in [1.29, 1.82) is 0 Å². The molecule has 2 atom stereocenters. The maximum atomic E-state index is 13.8. The van der Waals surface area contributed by atoms with Crippen molar-refractivity contribution in [2.24, 2.45) is 0 Å². The van der Waals surface area contributed by atoms with Gasteiger partial charge in [-0.05, 0) is 6.42 Å². The number of amides is 1. The van der Waals surface area contributed by atoms with Crippen molar-refractivity contribution in [3.63, 3.8) is 0 Å². The van der Waals surface area contributed by atoms with Crippen molar-refractivity contribution in [2.45, 2.75) is 45.0 Å². The van der Waals surface area contributed by atoms with Gasteiger partial charge in [-0.3, -0.25) is 14.9 Å². The summed E-state index contributed by atoms with van der Waals surface area (Å²) < 4.78 is 42.1. The number of carbonyl (C=O) groups is 1. The van der Waals surface area contributed by atoms with Gasteiger partial charge in [0.15, 0.2) is 11.4 Å². The van der Waals surface area contributed by atoms with Crippen LogP contribution in [0.3, 0.4) is 0 Å². The molecule has 1 aromatic carbocycles. The van der Waals surface area contributed by atoms with Crippen molar-refractivity contribution >= 4 is 5.91 Å². The maximum absolute atomic E-state index is 13.8. The molecule has 3 rings (SSSR count). The molecule has 0 spiro atoms. The van der Waals surface area contributed by atoms with Crippen LogP contribution in [-0.4, -0.2) is 27.2 Å². The smallest absolute Gasteiger partial charge is 0.272 e. The van der Waals surface area contributed by atoms with Crippen LogP contribution in [0.2, 0.25) is 0 Å². The van der Waals surface area contributed by atoms with Crippen LogP contribution in [0.4, 0.5) is 13.2 Å². The summed E-state index contributed by atoms with van der Waals surface area (Å²) in [4.78, 5) is 24.6. The SMILES string of the molecule is CCCC[C@H]1CNC(=O)c2c(O)c(=O)c(C(O)NCc3c(F)cc(F)cc3F)cn21. The Morgan fingerprint density at radius 3 is 2.57 bits per heavy atom. The van der Waals surface area contributed by atoms with Crippen molar-refractivity contribution in [2.75, 3.05) is 6.54 Å². The summed E-state index contributed by atoms with van der Waals surface area (Å²) in [5.41, 5.74) is -1.97. The third kappa shape index (κ3) is 4.19. The summed E-state index contributed by atoms with van der Waals surface area (Å²) in [6.07, 6.45) is 1.98. The molecule has 1 aliphatic rings. The molecule has 0 saturated heterocycles. The zero-order valence-electron chi connectivity index (χ0n) is 16.2. The molecule has 162 valence electrons. The average molecular weight is 425 g/mol. The number of aromatic hydroxyl groups is 1. The van der Waals surface area contributed by atoms with Gasteiger partial charge in [-0.25, -0.2) is 13.2 Å². The van der Waals surface area contributed by atoms with E-state index in [0.29, 0.717) is 25.1 Å². The number of nitrogens with one attached hydrogen (secondary N) is 2. The van der Waals surface area contributed by atoms with Gasteiger partial charge < -0.3 is 20.1 Å².